The summed E-state index contributed by atoms with van der Waals surface area (Å²) in [6.45, 7) is 0. The van der Waals surface area contributed by atoms with Crippen LogP contribution in [-0.2, 0) is 10.3 Å². The van der Waals surface area contributed by atoms with Crippen molar-refractivity contribution in [3.8, 4) is 11.5 Å². The second-order valence-electron chi connectivity index (χ2n) is 5.05. The van der Waals surface area contributed by atoms with Crippen LogP contribution in [0.3, 0.4) is 0 Å². The van der Waals surface area contributed by atoms with Crippen molar-refractivity contribution < 1.29 is 19.3 Å². The quantitative estimate of drug-likeness (QED) is 0.909. The molecule has 0 aromatic heterocycles. The number of benzene rings is 1. The molecule has 0 amide bonds. The van der Waals surface area contributed by atoms with Crippen molar-refractivity contribution in [1.82, 2.24) is 0 Å². The average molecular weight is 266 g/mol. The first-order valence-corrected chi connectivity index (χ1v) is 6.60. The Morgan fingerprint density at radius 2 is 2.00 bits per heavy atom. The predicted octanol–water partition coefficient (Wildman–Crippen LogP) is 2.48. The van der Waals surface area contributed by atoms with Crippen LogP contribution in [0.15, 0.2) is 18.2 Å². The van der Waals surface area contributed by atoms with Gasteiger partial charge in [-0.3, -0.25) is 0 Å². The molecule has 4 nitrogen and oxygen atoms in total. The molecule has 1 N–H and O–H groups in total. The normalized spacial score (nSPS) is 27.1. The molecular weight excluding hydrogens is 244 g/mol. The maximum absolute atomic E-state index is 10.9. The minimum absolute atomic E-state index is 0.102. The van der Waals surface area contributed by atoms with E-state index in [2.05, 4.69) is 0 Å². The molecule has 0 aliphatic heterocycles. The third-order valence-electron chi connectivity index (χ3n) is 3.93. The fourth-order valence-corrected chi connectivity index (χ4v) is 2.83. The Balaban J connectivity index is 2.33. The van der Waals surface area contributed by atoms with Crippen molar-refractivity contribution in [2.45, 2.75) is 37.4 Å². The zero-order valence-electron chi connectivity index (χ0n) is 11.8. The summed E-state index contributed by atoms with van der Waals surface area (Å²) >= 11 is 0. The first-order valence-electron chi connectivity index (χ1n) is 6.60. The zero-order chi connectivity index (χ0) is 13.9. The number of rotatable bonds is 4. The van der Waals surface area contributed by atoms with Gasteiger partial charge in [0.15, 0.2) is 0 Å². The Bertz CT molecular complexity index is 432. The number of methoxy groups -OCH3 is 3. The number of aliphatic hydroxyl groups is 1. The second kappa shape index (κ2) is 5.80. The van der Waals surface area contributed by atoms with E-state index in [1.54, 1.807) is 21.3 Å². The van der Waals surface area contributed by atoms with Crippen molar-refractivity contribution in [2.75, 3.05) is 21.3 Å². The highest BCUT2D eigenvalue weighted by molar-refractivity contribution is 5.44. The van der Waals surface area contributed by atoms with E-state index in [1.165, 1.54) is 0 Å². The Morgan fingerprint density at radius 1 is 1.21 bits per heavy atom. The molecule has 2 atom stereocenters. The largest absolute Gasteiger partial charge is 0.497 e. The first-order chi connectivity index (χ1) is 9.12. The molecule has 1 aliphatic rings. The summed E-state index contributed by atoms with van der Waals surface area (Å²) in [6.07, 6.45) is 3.38. The van der Waals surface area contributed by atoms with Gasteiger partial charge in [-0.15, -0.1) is 0 Å². The third-order valence-corrected chi connectivity index (χ3v) is 3.93. The summed E-state index contributed by atoms with van der Waals surface area (Å²) in [5.74, 6) is 1.39. The van der Waals surface area contributed by atoms with Gasteiger partial charge in [-0.25, -0.2) is 0 Å². The van der Waals surface area contributed by atoms with Crippen LogP contribution in [0.4, 0.5) is 0 Å². The highest BCUT2D eigenvalue weighted by Crippen LogP contribution is 2.42. The molecule has 1 fully saturated rings. The van der Waals surface area contributed by atoms with Crippen molar-refractivity contribution in [3.05, 3.63) is 23.8 Å². The van der Waals surface area contributed by atoms with Crippen molar-refractivity contribution >= 4 is 0 Å². The molecule has 1 aliphatic carbocycles. The van der Waals surface area contributed by atoms with E-state index in [0.29, 0.717) is 12.2 Å². The van der Waals surface area contributed by atoms with Gasteiger partial charge in [0.2, 0.25) is 0 Å². The lowest BCUT2D eigenvalue weighted by Gasteiger charge is -2.37. The lowest BCUT2D eigenvalue weighted by molar-refractivity contribution is -0.0642. The lowest BCUT2D eigenvalue weighted by Crippen LogP contribution is -2.36. The highest BCUT2D eigenvalue weighted by atomic mass is 16.5. The van der Waals surface area contributed by atoms with Crippen LogP contribution in [0.2, 0.25) is 0 Å². The molecular formula is C15H22O4. The molecule has 1 aromatic carbocycles. The zero-order valence-corrected chi connectivity index (χ0v) is 11.8. The lowest BCUT2D eigenvalue weighted by atomic mass is 9.78. The maximum Gasteiger partial charge on any atom is 0.128 e. The Morgan fingerprint density at radius 3 is 2.63 bits per heavy atom. The van der Waals surface area contributed by atoms with Crippen molar-refractivity contribution in [2.24, 2.45) is 0 Å². The Labute approximate surface area is 114 Å². The smallest absolute Gasteiger partial charge is 0.128 e. The molecule has 106 valence electrons. The fraction of sp³-hybridized carbons (Fsp3) is 0.600. The summed E-state index contributed by atoms with van der Waals surface area (Å²) < 4.78 is 16.0. The molecule has 19 heavy (non-hydrogen) atoms. The molecule has 0 spiro atoms. The van der Waals surface area contributed by atoms with Crippen LogP contribution in [0, 0.1) is 0 Å². The minimum atomic E-state index is -0.878. The molecule has 1 saturated carbocycles. The monoisotopic (exact) mass is 266 g/mol. The third kappa shape index (κ3) is 2.85. The van der Waals surface area contributed by atoms with Crippen molar-refractivity contribution in [1.29, 1.82) is 0 Å². The molecule has 0 bridgehead atoms. The van der Waals surface area contributed by atoms with Gasteiger partial charge in [0.05, 0.1) is 25.9 Å². The molecule has 0 saturated heterocycles. The van der Waals surface area contributed by atoms with Gasteiger partial charge in [0, 0.05) is 25.2 Å². The van der Waals surface area contributed by atoms with E-state index in [4.69, 9.17) is 14.2 Å². The average Bonchev–Trinajstić information content (AvgIpc) is 2.46. The summed E-state index contributed by atoms with van der Waals surface area (Å²) in [7, 11) is 4.92. The van der Waals surface area contributed by atoms with E-state index in [-0.39, 0.29) is 6.10 Å². The minimum Gasteiger partial charge on any atom is -0.497 e. The SMILES string of the molecule is COc1ccc(C2(O)CCCC(OC)C2)c(OC)c1. The van der Waals surface area contributed by atoms with Gasteiger partial charge in [-0.1, -0.05) is 0 Å². The van der Waals surface area contributed by atoms with E-state index in [9.17, 15) is 5.11 Å². The Hall–Kier alpha value is -1.26. The summed E-state index contributed by atoms with van der Waals surface area (Å²) in [5.41, 5.74) is -0.0613. The molecule has 2 rings (SSSR count). The van der Waals surface area contributed by atoms with Gasteiger partial charge in [0.25, 0.3) is 0 Å². The molecule has 0 heterocycles. The topological polar surface area (TPSA) is 47.9 Å². The van der Waals surface area contributed by atoms with E-state index >= 15 is 0 Å². The summed E-state index contributed by atoms with van der Waals surface area (Å²) in [6, 6.07) is 5.55. The maximum atomic E-state index is 10.9. The summed E-state index contributed by atoms with van der Waals surface area (Å²) in [5, 5.41) is 10.9. The van der Waals surface area contributed by atoms with Gasteiger partial charge in [-0.05, 0) is 31.4 Å². The standard InChI is InChI=1S/C15H22O4/c1-17-11-6-7-13(14(9-11)19-3)15(16)8-4-5-12(10-15)18-2/h6-7,9,12,16H,4-5,8,10H2,1-3H3. The molecule has 1 aromatic rings. The number of hydrogen-bond donors (Lipinski definition) is 1. The summed E-state index contributed by atoms with van der Waals surface area (Å²) in [4.78, 5) is 0. The Kier molecular flexibility index (Phi) is 4.32. The van der Waals surface area contributed by atoms with Crippen LogP contribution in [-0.4, -0.2) is 32.5 Å². The van der Waals surface area contributed by atoms with E-state index in [1.807, 2.05) is 18.2 Å². The van der Waals surface area contributed by atoms with Crippen LogP contribution in [0.1, 0.15) is 31.2 Å². The van der Waals surface area contributed by atoms with Gasteiger partial charge in [0.1, 0.15) is 11.5 Å². The number of ether oxygens (including phenoxy) is 3. The molecule has 2 unspecified atom stereocenters. The highest BCUT2D eigenvalue weighted by Gasteiger charge is 2.38. The molecule has 4 heteroatoms. The van der Waals surface area contributed by atoms with Gasteiger partial charge in [-0.2, -0.15) is 0 Å². The van der Waals surface area contributed by atoms with Crippen LogP contribution in [0.5, 0.6) is 11.5 Å². The van der Waals surface area contributed by atoms with Crippen molar-refractivity contribution in [3.63, 3.8) is 0 Å². The van der Waals surface area contributed by atoms with E-state index in [0.717, 1.165) is 30.6 Å². The van der Waals surface area contributed by atoms with Gasteiger partial charge >= 0.3 is 0 Å². The van der Waals surface area contributed by atoms with Crippen LogP contribution < -0.4 is 9.47 Å². The fourth-order valence-electron chi connectivity index (χ4n) is 2.83. The first kappa shape index (κ1) is 14.2. The van der Waals surface area contributed by atoms with Crippen LogP contribution in [0.25, 0.3) is 0 Å². The van der Waals surface area contributed by atoms with E-state index < -0.39 is 5.60 Å². The van der Waals surface area contributed by atoms with Crippen LogP contribution >= 0.6 is 0 Å². The molecule has 0 radical (unpaired) electrons. The number of hydrogen-bond acceptors (Lipinski definition) is 4. The second-order valence-corrected chi connectivity index (χ2v) is 5.05. The van der Waals surface area contributed by atoms with Gasteiger partial charge < -0.3 is 19.3 Å². The predicted molar refractivity (Wildman–Crippen MR) is 72.7 cm³/mol.